The number of aromatic amines is 1. The number of phenols is 1. The minimum absolute atomic E-state index is 0.0357. The molecule has 0 saturated heterocycles. The van der Waals surface area contributed by atoms with Gasteiger partial charge in [-0.05, 0) is 54.8 Å². The van der Waals surface area contributed by atoms with Crippen molar-refractivity contribution >= 4 is 40.7 Å². The van der Waals surface area contributed by atoms with Gasteiger partial charge in [0.2, 0.25) is 0 Å². The van der Waals surface area contributed by atoms with Crippen LogP contribution in [-0.4, -0.2) is 26.1 Å². The molecule has 5 rings (SSSR count). The van der Waals surface area contributed by atoms with Crippen LogP contribution in [-0.2, 0) is 6.54 Å². The van der Waals surface area contributed by atoms with Gasteiger partial charge in [0.15, 0.2) is 0 Å². The first kappa shape index (κ1) is 22.8. The Morgan fingerprint density at radius 1 is 0.971 bits per heavy atom. The fourth-order valence-electron chi connectivity index (χ4n) is 4.34. The third kappa shape index (κ3) is 3.84. The van der Waals surface area contributed by atoms with Gasteiger partial charge < -0.3 is 10.0 Å². The number of hydrogen-bond acceptors (Lipinski definition) is 3. The lowest BCUT2D eigenvalue weighted by atomic mass is 9.95. The molecule has 1 aromatic heterocycles. The van der Waals surface area contributed by atoms with Crippen molar-refractivity contribution < 1.29 is 9.90 Å². The number of nitrogens with one attached hydrogen (secondary N) is 1. The van der Waals surface area contributed by atoms with Gasteiger partial charge in [-0.1, -0.05) is 70.7 Å². The Hall–Kier alpha value is -2.99. The van der Waals surface area contributed by atoms with Crippen LogP contribution >= 0.6 is 34.8 Å². The number of phenolic OH excluding ortho intramolecular Hbond substituents is 1. The molecule has 5 nitrogen and oxygen atoms in total. The first-order valence-corrected chi connectivity index (χ1v) is 11.8. The van der Waals surface area contributed by atoms with Crippen molar-refractivity contribution in [3.05, 3.63) is 103 Å². The molecule has 3 aromatic carbocycles. The molecular weight excluding hydrogens is 493 g/mol. The highest BCUT2D eigenvalue weighted by molar-refractivity contribution is 6.42. The van der Waals surface area contributed by atoms with Crippen LogP contribution in [0.25, 0.3) is 11.3 Å². The number of amides is 1. The van der Waals surface area contributed by atoms with Crippen molar-refractivity contribution in [1.29, 1.82) is 0 Å². The molecule has 34 heavy (non-hydrogen) atoms. The summed E-state index contributed by atoms with van der Waals surface area (Å²) in [5, 5.41) is 19.3. The summed E-state index contributed by atoms with van der Waals surface area (Å²) < 4.78 is 0. The monoisotopic (exact) mass is 511 g/mol. The molecule has 2 N–H and O–H groups in total. The Bertz CT molecular complexity index is 1430. The zero-order valence-corrected chi connectivity index (χ0v) is 20.6. The minimum atomic E-state index is -0.494. The van der Waals surface area contributed by atoms with E-state index in [9.17, 15) is 9.90 Å². The van der Waals surface area contributed by atoms with E-state index in [4.69, 9.17) is 34.8 Å². The summed E-state index contributed by atoms with van der Waals surface area (Å²) in [7, 11) is 0. The van der Waals surface area contributed by atoms with Crippen LogP contribution in [0.1, 0.15) is 44.3 Å². The number of aryl methyl sites for hydroxylation is 2. The number of carbonyl (C=O) groups is 1. The molecule has 1 unspecified atom stereocenters. The second kappa shape index (κ2) is 8.66. The molecule has 0 saturated carbocycles. The van der Waals surface area contributed by atoms with E-state index in [1.807, 2.05) is 44.2 Å². The van der Waals surface area contributed by atoms with Crippen molar-refractivity contribution in [3.8, 4) is 17.0 Å². The van der Waals surface area contributed by atoms with Gasteiger partial charge in [-0.25, -0.2) is 0 Å². The number of nitrogens with zero attached hydrogens (tertiary/aromatic N) is 2. The SMILES string of the molecule is Cc1ccc(CN2C(=O)c3[nH]nc(-c4cc(Cl)c(C)cc4O)c3C2c2ccc(Cl)c(Cl)c2)cc1. The van der Waals surface area contributed by atoms with Crippen LogP contribution in [0.4, 0.5) is 0 Å². The summed E-state index contributed by atoms with van der Waals surface area (Å²) in [5.74, 6) is -0.156. The maximum atomic E-state index is 13.6. The van der Waals surface area contributed by atoms with E-state index >= 15 is 0 Å². The smallest absolute Gasteiger partial charge is 0.273 e. The van der Waals surface area contributed by atoms with E-state index < -0.39 is 6.04 Å². The third-order valence-electron chi connectivity index (χ3n) is 6.13. The lowest BCUT2D eigenvalue weighted by molar-refractivity contribution is 0.0730. The van der Waals surface area contributed by atoms with Gasteiger partial charge in [0, 0.05) is 22.7 Å². The van der Waals surface area contributed by atoms with Crippen LogP contribution in [0.15, 0.2) is 54.6 Å². The van der Waals surface area contributed by atoms with E-state index in [0.717, 1.165) is 22.3 Å². The van der Waals surface area contributed by atoms with Crippen molar-refractivity contribution in [2.45, 2.75) is 26.4 Å². The van der Waals surface area contributed by atoms with E-state index in [1.54, 1.807) is 29.2 Å². The third-order valence-corrected chi connectivity index (χ3v) is 7.28. The zero-order chi connectivity index (χ0) is 24.1. The van der Waals surface area contributed by atoms with Gasteiger partial charge in [-0.3, -0.25) is 9.89 Å². The molecule has 0 fully saturated rings. The minimum Gasteiger partial charge on any atom is -0.507 e. The van der Waals surface area contributed by atoms with E-state index in [2.05, 4.69) is 10.2 Å². The largest absolute Gasteiger partial charge is 0.507 e. The number of carbonyl (C=O) groups excluding carboxylic acids is 1. The maximum absolute atomic E-state index is 13.6. The second-order valence-electron chi connectivity index (χ2n) is 8.47. The van der Waals surface area contributed by atoms with Crippen LogP contribution in [0.5, 0.6) is 5.75 Å². The fourth-order valence-corrected chi connectivity index (χ4v) is 4.81. The quantitative estimate of drug-likeness (QED) is 0.306. The average molecular weight is 513 g/mol. The van der Waals surface area contributed by atoms with Crippen molar-refractivity contribution in [2.75, 3.05) is 0 Å². The number of aromatic hydroxyl groups is 1. The van der Waals surface area contributed by atoms with Crippen LogP contribution in [0.3, 0.4) is 0 Å². The van der Waals surface area contributed by atoms with Crippen LogP contribution < -0.4 is 0 Å². The van der Waals surface area contributed by atoms with Crippen LogP contribution in [0, 0.1) is 13.8 Å². The summed E-state index contributed by atoms with van der Waals surface area (Å²) >= 11 is 18.9. The molecule has 4 aromatic rings. The van der Waals surface area contributed by atoms with Crippen molar-refractivity contribution in [3.63, 3.8) is 0 Å². The second-order valence-corrected chi connectivity index (χ2v) is 9.70. The first-order chi connectivity index (χ1) is 16.2. The topological polar surface area (TPSA) is 69.2 Å². The highest BCUT2D eigenvalue weighted by Gasteiger charge is 2.42. The molecule has 1 amide bonds. The molecule has 1 atom stereocenters. The summed E-state index contributed by atoms with van der Waals surface area (Å²) in [6.45, 7) is 4.21. The fraction of sp³-hybridized carbons (Fsp3) is 0.154. The zero-order valence-electron chi connectivity index (χ0n) is 18.4. The van der Waals surface area contributed by atoms with Crippen molar-refractivity contribution in [2.24, 2.45) is 0 Å². The lowest BCUT2D eigenvalue weighted by Gasteiger charge is -2.27. The number of rotatable bonds is 4. The molecule has 0 bridgehead atoms. The number of H-pyrrole nitrogens is 1. The van der Waals surface area contributed by atoms with Gasteiger partial charge in [-0.15, -0.1) is 0 Å². The molecule has 0 aliphatic carbocycles. The summed E-state index contributed by atoms with van der Waals surface area (Å²) in [6.07, 6.45) is 0. The Kier molecular flexibility index (Phi) is 5.80. The Labute approximate surface area is 211 Å². The molecule has 2 heterocycles. The summed E-state index contributed by atoms with van der Waals surface area (Å²) in [4.78, 5) is 15.3. The number of aromatic nitrogens is 2. The van der Waals surface area contributed by atoms with Crippen LogP contribution in [0.2, 0.25) is 15.1 Å². The molecule has 172 valence electrons. The van der Waals surface area contributed by atoms with Gasteiger partial charge in [0.05, 0.1) is 16.1 Å². The highest BCUT2D eigenvalue weighted by Crippen LogP contribution is 2.46. The highest BCUT2D eigenvalue weighted by atomic mass is 35.5. The summed E-state index contributed by atoms with van der Waals surface area (Å²) in [5.41, 5.74) is 5.60. The predicted molar refractivity (Wildman–Crippen MR) is 135 cm³/mol. The standard InChI is InChI=1S/C26H20Cl3N3O2/c1-13-3-5-15(6-4-13)12-32-25(16-7-8-18(27)20(29)10-16)22-23(30-31-24(22)26(32)34)17-11-19(28)14(2)9-21(17)33/h3-11,25,33H,12H2,1-2H3,(H,30,31). The molecule has 1 aliphatic heterocycles. The van der Waals surface area contributed by atoms with Crippen molar-refractivity contribution in [1.82, 2.24) is 15.1 Å². The molecule has 0 spiro atoms. The molecular formula is C26H20Cl3N3O2. The number of hydrogen-bond donors (Lipinski definition) is 2. The Morgan fingerprint density at radius 2 is 1.71 bits per heavy atom. The van der Waals surface area contributed by atoms with E-state index in [-0.39, 0.29) is 11.7 Å². The maximum Gasteiger partial charge on any atom is 0.273 e. The van der Waals surface area contributed by atoms with Gasteiger partial charge in [0.1, 0.15) is 17.1 Å². The normalized spacial score (nSPS) is 15.1. The van der Waals surface area contributed by atoms with Gasteiger partial charge in [0.25, 0.3) is 5.91 Å². The summed E-state index contributed by atoms with van der Waals surface area (Å²) in [6, 6.07) is 16.1. The Balaban J connectivity index is 1.68. The molecule has 8 heteroatoms. The first-order valence-electron chi connectivity index (χ1n) is 10.6. The van der Waals surface area contributed by atoms with E-state index in [0.29, 0.717) is 44.1 Å². The number of benzene rings is 3. The van der Waals surface area contributed by atoms with Gasteiger partial charge >= 0.3 is 0 Å². The van der Waals surface area contributed by atoms with Gasteiger partial charge in [-0.2, -0.15) is 5.10 Å². The lowest BCUT2D eigenvalue weighted by Crippen LogP contribution is -2.29. The Morgan fingerprint density at radius 3 is 2.41 bits per heavy atom. The number of halogens is 3. The van der Waals surface area contributed by atoms with E-state index in [1.165, 1.54) is 0 Å². The predicted octanol–water partition coefficient (Wildman–Crippen LogP) is 7.10. The molecule has 0 radical (unpaired) electrons. The number of fused-ring (bicyclic) bond motifs is 1. The average Bonchev–Trinajstić information content (AvgIpc) is 3.34. The molecule has 1 aliphatic rings.